The molecule has 9 nitrogen and oxygen atoms in total. The van der Waals surface area contributed by atoms with Crippen LogP contribution in [0.2, 0.25) is 5.15 Å². The third-order valence-corrected chi connectivity index (χ3v) is 10.8. The Morgan fingerprint density at radius 3 is 2.66 bits per heavy atom. The number of cyclic esters (lactones) is 1. The zero-order chi connectivity index (χ0) is 29.8. The maximum absolute atomic E-state index is 13.7. The molecule has 0 amide bonds. The van der Waals surface area contributed by atoms with Crippen LogP contribution in [0, 0.1) is 35.5 Å². The standard InChI is InChI=1S/C30H39BrClNO8/c1-6-15-18-9-8-16-22-23(35)17(12-38-5)25(40-29(37)20-11-19(31)27(32)33-20)26(16)41-30(18,22)14(4)10-13(3)24(21(34)7-2)39-28(15)36/h8-11,13,15-18,21-26,33-35H,6-7,12H2,1-5H3/b14-10+/t13-,15-,16-,17-,18-,21-,22+,23-,24+,25-,26-,30+/m1/s1. The summed E-state index contributed by atoms with van der Waals surface area (Å²) in [7, 11) is 1.54. The number of halogens is 2. The molecule has 0 unspecified atom stereocenters. The lowest BCUT2D eigenvalue weighted by Gasteiger charge is -2.49. The van der Waals surface area contributed by atoms with Gasteiger partial charge in [-0.2, -0.15) is 0 Å². The van der Waals surface area contributed by atoms with Crippen molar-refractivity contribution in [3.05, 3.63) is 45.2 Å². The molecule has 1 aromatic rings. The molecule has 12 atom stereocenters. The van der Waals surface area contributed by atoms with Gasteiger partial charge >= 0.3 is 11.9 Å². The zero-order valence-electron chi connectivity index (χ0n) is 23.9. The molecule has 2 fully saturated rings. The van der Waals surface area contributed by atoms with Gasteiger partial charge in [0.1, 0.15) is 34.8 Å². The predicted octanol–water partition coefficient (Wildman–Crippen LogP) is 4.45. The third kappa shape index (κ3) is 4.92. The van der Waals surface area contributed by atoms with Crippen LogP contribution in [0.3, 0.4) is 0 Å². The first-order chi connectivity index (χ1) is 19.5. The van der Waals surface area contributed by atoms with Gasteiger partial charge < -0.3 is 34.1 Å². The third-order valence-electron chi connectivity index (χ3n) is 9.63. The van der Waals surface area contributed by atoms with Crippen LogP contribution in [-0.2, 0) is 23.7 Å². The number of hydrogen-bond acceptors (Lipinski definition) is 8. The fourth-order valence-corrected chi connectivity index (χ4v) is 8.22. The number of carbonyl (C=O) groups is 2. The second-order valence-corrected chi connectivity index (χ2v) is 13.0. The lowest BCUT2D eigenvalue weighted by atomic mass is 9.56. The minimum atomic E-state index is -1.05. The van der Waals surface area contributed by atoms with Gasteiger partial charge in [0.15, 0.2) is 0 Å². The lowest BCUT2D eigenvalue weighted by molar-refractivity contribution is -0.168. The minimum absolute atomic E-state index is 0.144. The number of esters is 2. The fourth-order valence-electron chi connectivity index (χ4n) is 7.74. The van der Waals surface area contributed by atoms with Gasteiger partial charge in [-0.1, -0.05) is 50.6 Å². The van der Waals surface area contributed by atoms with Gasteiger partial charge in [0.2, 0.25) is 0 Å². The van der Waals surface area contributed by atoms with Gasteiger partial charge in [-0.05, 0) is 47.3 Å². The number of aliphatic hydroxyl groups excluding tert-OH is 2. The second kappa shape index (κ2) is 11.8. The topological polar surface area (TPSA) is 127 Å². The first kappa shape index (κ1) is 30.8. The van der Waals surface area contributed by atoms with Crippen molar-refractivity contribution in [2.45, 2.75) is 76.7 Å². The van der Waals surface area contributed by atoms with Crippen molar-refractivity contribution < 1.29 is 38.7 Å². The minimum Gasteiger partial charge on any atom is -0.459 e. The monoisotopic (exact) mass is 655 g/mol. The molecule has 0 aromatic carbocycles. The molecule has 1 saturated heterocycles. The van der Waals surface area contributed by atoms with Crippen LogP contribution >= 0.6 is 27.5 Å². The molecule has 4 aliphatic rings. The van der Waals surface area contributed by atoms with E-state index in [2.05, 4.69) is 20.9 Å². The first-order valence-electron chi connectivity index (χ1n) is 14.4. The summed E-state index contributed by atoms with van der Waals surface area (Å²) < 4.78 is 25.1. The largest absolute Gasteiger partial charge is 0.459 e. The van der Waals surface area contributed by atoms with Crippen molar-refractivity contribution in [2.24, 2.45) is 35.5 Å². The predicted molar refractivity (Wildman–Crippen MR) is 154 cm³/mol. The van der Waals surface area contributed by atoms with E-state index in [1.54, 1.807) is 13.2 Å². The summed E-state index contributed by atoms with van der Waals surface area (Å²) in [6, 6.07) is 1.55. The number of aromatic nitrogens is 1. The summed E-state index contributed by atoms with van der Waals surface area (Å²) in [4.78, 5) is 29.8. The van der Waals surface area contributed by atoms with Crippen molar-refractivity contribution >= 4 is 39.5 Å². The van der Waals surface area contributed by atoms with Crippen molar-refractivity contribution in [1.29, 1.82) is 0 Å². The van der Waals surface area contributed by atoms with Crippen molar-refractivity contribution in [1.82, 2.24) is 4.98 Å². The lowest BCUT2D eigenvalue weighted by Crippen LogP contribution is -2.59. The number of ether oxygens (including phenoxy) is 4. The number of nitrogens with one attached hydrogen (secondary N) is 1. The van der Waals surface area contributed by atoms with E-state index in [-0.39, 0.29) is 29.3 Å². The molecule has 3 heterocycles. The van der Waals surface area contributed by atoms with E-state index in [1.807, 2.05) is 45.9 Å². The van der Waals surface area contributed by atoms with Gasteiger partial charge in [0, 0.05) is 36.7 Å². The van der Waals surface area contributed by atoms with Crippen LogP contribution in [-0.4, -0.2) is 77.0 Å². The van der Waals surface area contributed by atoms with Crippen LogP contribution in [0.15, 0.2) is 34.3 Å². The molecule has 2 aliphatic carbocycles. The molecule has 5 rings (SSSR count). The number of rotatable bonds is 7. The molecule has 1 saturated carbocycles. The van der Waals surface area contributed by atoms with Crippen LogP contribution in [0.4, 0.5) is 0 Å². The Balaban J connectivity index is 1.60. The summed E-state index contributed by atoms with van der Waals surface area (Å²) in [6.45, 7) is 7.82. The number of aliphatic hydroxyl groups is 2. The van der Waals surface area contributed by atoms with Crippen LogP contribution in [0.25, 0.3) is 0 Å². The smallest absolute Gasteiger partial charge is 0.355 e. The molecule has 226 valence electrons. The molecule has 2 aliphatic heterocycles. The highest BCUT2D eigenvalue weighted by Crippen LogP contribution is 2.62. The number of hydrogen-bond donors (Lipinski definition) is 3. The van der Waals surface area contributed by atoms with Gasteiger partial charge in [-0.15, -0.1) is 0 Å². The average Bonchev–Trinajstić information content (AvgIpc) is 3.38. The number of aromatic amines is 1. The Kier molecular flexibility index (Phi) is 8.83. The molecule has 11 heteroatoms. The van der Waals surface area contributed by atoms with E-state index < -0.39 is 71.7 Å². The first-order valence-corrected chi connectivity index (χ1v) is 15.5. The molecular formula is C30H39BrClNO8. The van der Waals surface area contributed by atoms with Crippen molar-refractivity contribution in [3.63, 3.8) is 0 Å². The molecule has 1 spiro atoms. The van der Waals surface area contributed by atoms with Gasteiger partial charge in [0.05, 0.1) is 29.2 Å². The van der Waals surface area contributed by atoms with E-state index in [9.17, 15) is 19.8 Å². The number of methoxy groups -OCH3 is 1. The maximum Gasteiger partial charge on any atom is 0.355 e. The Hall–Kier alpha value is -1.69. The number of carbonyl (C=O) groups excluding carboxylic acids is 2. The molecule has 0 radical (unpaired) electrons. The number of H-pyrrole nitrogens is 1. The Labute approximate surface area is 253 Å². The quantitative estimate of drug-likeness (QED) is 0.290. The summed E-state index contributed by atoms with van der Waals surface area (Å²) >= 11 is 9.42. The molecule has 3 N–H and O–H groups in total. The maximum atomic E-state index is 13.7. The van der Waals surface area contributed by atoms with E-state index in [0.29, 0.717) is 17.3 Å². The Morgan fingerprint density at radius 2 is 2.05 bits per heavy atom. The van der Waals surface area contributed by atoms with Gasteiger partial charge in [-0.25, -0.2) is 4.79 Å². The van der Waals surface area contributed by atoms with Crippen LogP contribution in [0.5, 0.6) is 0 Å². The van der Waals surface area contributed by atoms with E-state index >= 15 is 0 Å². The second-order valence-electron chi connectivity index (χ2n) is 11.8. The van der Waals surface area contributed by atoms with Crippen LogP contribution < -0.4 is 0 Å². The van der Waals surface area contributed by atoms with Crippen LogP contribution in [0.1, 0.15) is 51.0 Å². The highest BCUT2D eigenvalue weighted by molar-refractivity contribution is 9.10. The summed E-state index contributed by atoms with van der Waals surface area (Å²) in [5.41, 5.74) is -0.0110. The SMILES string of the molecule is CC[C@@H](O)[C@H]1OC(=O)[C@H](CC)[C@H]2C=C[C@H]3[C@H]4O[C@]2(/C(C)=C/[C@H]1C)[C@@H]3[C@H](O)[C@@H](COC)[C@H]4OC(=O)c1cc(Br)c(Cl)[nH]1. The summed E-state index contributed by atoms with van der Waals surface area (Å²) in [5, 5.41) is 23.1. The van der Waals surface area contributed by atoms with Gasteiger partial charge in [0.25, 0.3) is 0 Å². The highest BCUT2D eigenvalue weighted by Gasteiger charge is 2.70. The molecule has 4 bridgehead atoms. The molecule has 1 aromatic heterocycles. The van der Waals surface area contributed by atoms with E-state index in [0.717, 1.165) is 5.57 Å². The Bertz CT molecular complexity index is 1210. The Morgan fingerprint density at radius 1 is 1.32 bits per heavy atom. The van der Waals surface area contributed by atoms with E-state index in [1.165, 1.54) is 0 Å². The van der Waals surface area contributed by atoms with Crippen molar-refractivity contribution in [3.8, 4) is 0 Å². The molecular weight excluding hydrogens is 618 g/mol. The summed E-state index contributed by atoms with van der Waals surface area (Å²) in [5.74, 6) is -3.57. The average molecular weight is 657 g/mol. The molecule has 41 heavy (non-hydrogen) atoms. The van der Waals surface area contributed by atoms with Gasteiger partial charge in [-0.3, -0.25) is 4.79 Å². The normalized spacial score (nSPS) is 41.8. The summed E-state index contributed by atoms with van der Waals surface area (Å²) in [6.07, 6.45) is 3.04. The highest BCUT2D eigenvalue weighted by atomic mass is 79.9. The zero-order valence-corrected chi connectivity index (χ0v) is 26.2. The van der Waals surface area contributed by atoms with Crippen molar-refractivity contribution in [2.75, 3.05) is 13.7 Å². The van der Waals surface area contributed by atoms with E-state index in [4.69, 9.17) is 30.5 Å². The fraction of sp³-hybridized carbons (Fsp3) is 0.667.